The first-order valence-corrected chi connectivity index (χ1v) is 13.9. The van der Waals surface area contributed by atoms with Gasteiger partial charge in [0.15, 0.2) is 0 Å². The van der Waals surface area contributed by atoms with E-state index in [4.69, 9.17) is 30.6 Å². The second kappa shape index (κ2) is 26.6. The van der Waals surface area contributed by atoms with E-state index in [1.807, 2.05) is 0 Å². The molecule has 1 heterocycles. The molecule has 4 rings (SSSR count). The summed E-state index contributed by atoms with van der Waals surface area (Å²) in [6, 6.07) is 25.2. The van der Waals surface area contributed by atoms with Crippen LogP contribution in [-0.2, 0) is 44.8 Å². The van der Waals surface area contributed by atoms with E-state index in [9.17, 15) is 0 Å². The smallest absolute Gasteiger partial charge is 0.358 e. The molecule has 0 fully saturated rings. The van der Waals surface area contributed by atoms with Crippen LogP contribution in [0.1, 0.15) is 44.9 Å². The van der Waals surface area contributed by atoms with Crippen LogP contribution in [0.4, 0.5) is 0 Å². The van der Waals surface area contributed by atoms with Crippen molar-refractivity contribution in [2.45, 2.75) is 57.0 Å². The molecule has 2 aromatic carbocycles. The maximum atomic E-state index is 8.36. The van der Waals surface area contributed by atoms with Crippen LogP contribution in [0.2, 0.25) is 12.1 Å². The van der Waals surface area contributed by atoms with Gasteiger partial charge in [-0.15, -0.1) is 20.2 Å². The minimum Gasteiger partial charge on any atom is -0.358 e. The number of hydrogen-bond acceptors (Lipinski definition) is 4. The van der Waals surface area contributed by atoms with Gasteiger partial charge in [-0.05, 0) is 50.6 Å². The maximum Gasteiger partial charge on any atom is 1.00 e. The van der Waals surface area contributed by atoms with Gasteiger partial charge in [0.05, 0.1) is 0 Å². The summed E-state index contributed by atoms with van der Waals surface area (Å²) < 4.78 is 0. The third-order valence-electron chi connectivity index (χ3n) is 5.70. The van der Waals surface area contributed by atoms with Crippen LogP contribution in [-0.4, -0.2) is 28.7 Å². The number of rotatable bonds is 2. The van der Waals surface area contributed by atoms with Crippen LogP contribution in [0.15, 0.2) is 85.0 Å². The van der Waals surface area contributed by atoms with Gasteiger partial charge in [0.1, 0.15) is 8.07 Å². The molecule has 2 aliphatic rings. The largest absolute Gasteiger partial charge is 1.00 e. The molecule has 0 saturated carbocycles. The molecule has 1 aliphatic carbocycles. The van der Waals surface area contributed by atoms with Gasteiger partial charge < -0.3 is 25.3 Å². The second-order valence-corrected chi connectivity index (χ2v) is 12.3. The third kappa shape index (κ3) is 19.1. The van der Waals surface area contributed by atoms with Gasteiger partial charge in [-0.1, -0.05) is 102 Å². The van der Waals surface area contributed by atoms with Crippen molar-refractivity contribution in [2.24, 2.45) is 0 Å². The van der Waals surface area contributed by atoms with Crippen molar-refractivity contribution in [3.05, 3.63) is 120 Å². The van der Waals surface area contributed by atoms with E-state index in [-0.39, 0.29) is 59.6 Å². The summed E-state index contributed by atoms with van der Waals surface area (Å²) in [7, 11) is -1.55. The Bertz CT molecular complexity index is 823. The van der Waals surface area contributed by atoms with Gasteiger partial charge in [0, 0.05) is 0 Å². The minimum atomic E-state index is -1.55. The second-order valence-electron chi connectivity index (χ2n) is 7.95. The molecule has 11 heteroatoms. The van der Waals surface area contributed by atoms with E-state index in [2.05, 4.69) is 85.0 Å². The average molecular weight is 732 g/mol. The number of benzene rings is 2. The van der Waals surface area contributed by atoms with E-state index < -0.39 is 18.2 Å². The van der Waals surface area contributed by atoms with E-state index in [0.29, 0.717) is 0 Å². The van der Waals surface area contributed by atoms with E-state index in [1.54, 1.807) is 10.4 Å². The Kier molecular flexibility index (Phi) is 30.2. The van der Waals surface area contributed by atoms with Crippen LogP contribution in [0.3, 0.4) is 0 Å². The minimum absolute atomic E-state index is 0. The maximum absolute atomic E-state index is 8.36. The number of nitrogens with zero attached hydrogens (tertiary/aromatic N) is 2. The van der Waals surface area contributed by atoms with Crippen molar-refractivity contribution in [1.29, 1.82) is 0 Å². The van der Waals surface area contributed by atoms with Gasteiger partial charge in [0.25, 0.3) is 10.2 Å². The molecule has 0 radical (unpaired) electrons. The van der Waals surface area contributed by atoms with Crippen molar-refractivity contribution in [3.63, 3.8) is 0 Å². The zero-order valence-electron chi connectivity index (χ0n) is 22.0. The summed E-state index contributed by atoms with van der Waals surface area (Å²) in [5, 5.41) is 30.5. The molecule has 0 aromatic heterocycles. The van der Waals surface area contributed by atoms with E-state index in [0.717, 1.165) is 0 Å². The molecule has 0 bridgehead atoms. The Morgan fingerprint density at radius 3 is 1.18 bits per heavy atom. The summed E-state index contributed by atoms with van der Waals surface area (Å²) in [5.74, 6) is 0. The van der Waals surface area contributed by atoms with Crippen molar-refractivity contribution < 1.29 is 65.3 Å². The predicted octanol–water partition coefficient (Wildman–Crippen LogP) is 6.31. The third-order valence-corrected chi connectivity index (χ3v) is 10.9. The standard InChI is InChI=1S/C18H20Si.C7H12.2CH3.2Ag.2HNO3/c1-2-10-16-19(15-9-1,17-11-5-3-6-12-17)18-13-7-4-8-14-18;1-2-4-6-7-5-3-1;;;;;2*2-1(3)4/h1-8,11-14H,9-10,15-16H2;1-2H,3-7H2;2*1H3;;;2*(H,2,3,4)/q;;2*-1;2*+1;;. The van der Waals surface area contributed by atoms with Crippen LogP contribution < -0.4 is 10.4 Å². The zero-order chi connectivity index (χ0) is 25.1. The van der Waals surface area contributed by atoms with Crippen molar-refractivity contribution in [2.75, 3.05) is 0 Å². The van der Waals surface area contributed by atoms with Crippen LogP contribution >= 0.6 is 0 Å². The molecule has 38 heavy (non-hydrogen) atoms. The summed E-state index contributed by atoms with van der Waals surface area (Å²) in [6.07, 6.45) is 18.7. The number of hydrogen-bond donors (Lipinski definition) is 2. The Labute approximate surface area is 259 Å². The van der Waals surface area contributed by atoms with Gasteiger partial charge in [-0.25, -0.2) is 0 Å². The SMILES string of the molecule is C1=CCCCCC1.C1=CCC[Si](c2ccccc2)(c2ccccc2)CC1.O=[N+]([O-])O.O=[N+]([O-])O.[Ag+].[Ag+].[CH3-].[CH3-]. The normalized spacial score (nSPS) is 14.2. The molecular weight excluding hydrogens is 692 g/mol. The molecule has 0 saturated heterocycles. The van der Waals surface area contributed by atoms with Crippen molar-refractivity contribution in [3.8, 4) is 0 Å². The van der Waals surface area contributed by atoms with Gasteiger partial charge >= 0.3 is 44.8 Å². The Hall–Kier alpha value is -1.98. The molecule has 2 N–H and O–H groups in total. The topological polar surface area (TPSA) is 127 Å². The summed E-state index contributed by atoms with van der Waals surface area (Å²) >= 11 is 0. The van der Waals surface area contributed by atoms with Gasteiger partial charge in [-0.2, -0.15) is 0 Å². The first-order valence-electron chi connectivity index (χ1n) is 11.5. The van der Waals surface area contributed by atoms with Crippen LogP contribution in [0, 0.1) is 35.1 Å². The monoisotopic (exact) mass is 730 g/mol. The molecule has 0 atom stereocenters. The fourth-order valence-electron chi connectivity index (χ4n) is 4.22. The van der Waals surface area contributed by atoms with Crippen molar-refractivity contribution >= 4 is 18.4 Å². The molecule has 0 amide bonds. The van der Waals surface area contributed by atoms with Crippen LogP contribution in [0.25, 0.3) is 0 Å². The molecule has 2 aromatic rings. The van der Waals surface area contributed by atoms with Crippen LogP contribution in [0.5, 0.6) is 0 Å². The molecular formula is C27H40Ag2N2O6Si. The summed E-state index contributed by atoms with van der Waals surface area (Å²) in [6.45, 7) is 0. The van der Waals surface area contributed by atoms with E-state index >= 15 is 0 Å². The van der Waals surface area contributed by atoms with Gasteiger partial charge in [-0.3, -0.25) is 0 Å². The Morgan fingerprint density at radius 1 is 0.579 bits per heavy atom. The quantitative estimate of drug-likeness (QED) is 0.123. The van der Waals surface area contributed by atoms with E-state index in [1.165, 1.54) is 57.0 Å². The van der Waals surface area contributed by atoms with Gasteiger partial charge in [0.2, 0.25) is 0 Å². The first-order chi connectivity index (χ1) is 16.4. The fourth-order valence-corrected chi connectivity index (χ4v) is 8.93. The Morgan fingerprint density at radius 2 is 0.868 bits per heavy atom. The molecule has 0 unspecified atom stereocenters. The molecule has 8 nitrogen and oxygen atoms in total. The number of allylic oxidation sites excluding steroid dienone is 4. The summed E-state index contributed by atoms with van der Waals surface area (Å²) in [4.78, 5) is 16.7. The Balaban J connectivity index is -0.000000256. The fraction of sp³-hybridized carbons (Fsp3) is 0.333. The molecule has 0 spiro atoms. The average Bonchev–Trinajstić information content (AvgIpc) is 3.27. The molecule has 220 valence electrons. The molecule has 1 aliphatic heterocycles. The zero-order valence-corrected chi connectivity index (χ0v) is 25.9. The van der Waals surface area contributed by atoms with Crippen molar-refractivity contribution in [1.82, 2.24) is 0 Å². The first kappa shape index (κ1) is 43.1. The predicted molar refractivity (Wildman–Crippen MR) is 149 cm³/mol. The summed E-state index contributed by atoms with van der Waals surface area (Å²) in [5.41, 5.74) is 0.